The predicted molar refractivity (Wildman–Crippen MR) is 97.6 cm³/mol. The second-order valence-electron chi connectivity index (χ2n) is 7.20. The van der Waals surface area contributed by atoms with Gasteiger partial charge < -0.3 is 15.1 Å². The summed E-state index contributed by atoms with van der Waals surface area (Å²) in [5, 5.41) is 2.84. The van der Waals surface area contributed by atoms with E-state index in [0.29, 0.717) is 18.5 Å². The van der Waals surface area contributed by atoms with Crippen LogP contribution in [-0.2, 0) is 4.79 Å². The maximum atomic E-state index is 12.1. The Bertz CT molecular complexity index is 648. The number of nitrogens with zero attached hydrogens (tertiary/aromatic N) is 3. The summed E-state index contributed by atoms with van der Waals surface area (Å²) < 4.78 is 0. The first-order valence-corrected chi connectivity index (χ1v) is 9.34. The van der Waals surface area contributed by atoms with Crippen LogP contribution in [0.1, 0.15) is 49.9 Å². The molecule has 1 N–H and O–H groups in total. The Morgan fingerprint density at radius 1 is 1.32 bits per heavy atom. The van der Waals surface area contributed by atoms with E-state index >= 15 is 0 Å². The Morgan fingerprint density at radius 3 is 2.92 bits per heavy atom. The van der Waals surface area contributed by atoms with Crippen LogP contribution in [0.15, 0.2) is 18.3 Å². The number of rotatable bonds is 4. The molecule has 25 heavy (non-hydrogen) atoms. The van der Waals surface area contributed by atoms with Crippen LogP contribution in [0.5, 0.6) is 0 Å². The van der Waals surface area contributed by atoms with Gasteiger partial charge in [0.1, 0.15) is 5.82 Å². The smallest absolute Gasteiger partial charge is 0.251 e. The zero-order valence-electron chi connectivity index (χ0n) is 15.3. The molecule has 0 radical (unpaired) electrons. The van der Waals surface area contributed by atoms with Crippen molar-refractivity contribution in [2.24, 2.45) is 5.41 Å². The number of carbonyl (C=O) groups excluding carboxylic acids is 2. The molecule has 0 bridgehead atoms. The first-order valence-electron chi connectivity index (χ1n) is 9.34. The Hall–Kier alpha value is -2.11. The van der Waals surface area contributed by atoms with Gasteiger partial charge in [-0.05, 0) is 45.2 Å². The minimum atomic E-state index is -0.0571. The molecule has 0 aliphatic carbocycles. The highest BCUT2D eigenvalue weighted by atomic mass is 16.2. The minimum absolute atomic E-state index is 0.0571. The van der Waals surface area contributed by atoms with Crippen LogP contribution in [0, 0.1) is 5.41 Å². The topological polar surface area (TPSA) is 65.5 Å². The molecule has 1 aromatic rings. The Kier molecular flexibility index (Phi) is 5.25. The molecule has 2 amide bonds. The van der Waals surface area contributed by atoms with Crippen molar-refractivity contribution in [1.82, 2.24) is 15.2 Å². The van der Waals surface area contributed by atoms with E-state index in [1.165, 1.54) is 0 Å². The third-order valence-corrected chi connectivity index (χ3v) is 5.46. The molecule has 6 nitrogen and oxygen atoms in total. The number of nitrogens with one attached hydrogen (secondary N) is 1. The van der Waals surface area contributed by atoms with E-state index in [0.717, 1.165) is 51.3 Å². The van der Waals surface area contributed by atoms with Crippen molar-refractivity contribution < 1.29 is 9.59 Å². The number of likely N-dealkylation sites (tertiary alicyclic amines) is 1. The summed E-state index contributed by atoms with van der Waals surface area (Å²) in [6, 6.07) is 3.64. The molecular weight excluding hydrogens is 316 g/mol. The van der Waals surface area contributed by atoms with Crippen LogP contribution in [0.2, 0.25) is 0 Å². The largest absolute Gasteiger partial charge is 0.356 e. The predicted octanol–water partition coefficient (Wildman–Crippen LogP) is 2.06. The molecule has 2 fully saturated rings. The molecule has 1 aromatic heterocycles. The Balaban J connectivity index is 1.76. The summed E-state index contributed by atoms with van der Waals surface area (Å²) in [6.45, 7) is 8.06. The molecular formula is C19H28N4O2. The van der Waals surface area contributed by atoms with Crippen molar-refractivity contribution in [2.75, 3.05) is 37.6 Å². The van der Waals surface area contributed by atoms with Gasteiger partial charge in [-0.25, -0.2) is 4.98 Å². The Labute approximate surface area is 149 Å². The molecule has 2 aliphatic heterocycles. The van der Waals surface area contributed by atoms with E-state index in [4.69, 9.17) is 0 Å². The monoisotopic (exact) mass is 344 g/mol. The summed E-state index contributed by atoms with van der Waals surface area (Å²) in [4.78, 5) is 32.9. The third kappa shape index (κ3) is 3.78. The fraction of sp³-hybridized carbons (Fsp3) is 0.632. The van der Waals surface area contributed by atoms with E-state index < -0.39 is 0 Å². The number of hydrogen-bond acceptors (Lipinski definition) is 4. The van der Waals surface area contributed by atoms with Gasteiger partial charge in [0.25, 0.3) is 5.91 Å². The number of aromatic nitrogens is 1. The molecule has 6 heteroatoms. The first-order chi connectivity index (χ1) is 12.1. The first kappa shape index (κ1) is 17.7. The number of piperidine rings is 2. The molecule has 2 aliphatic rings. The number of amides is 2. The van der Waals surface area contributed by atoms with Gasteiger partial charge in [-0.15, -0.1) is 0 Å². The minimum Gasteiger partial charge on any atom is -0.356 e. The van der Waals surface area contributed by atoms with Gasteiger partial charge in [-0.2, -0.15) is 0 Å². The van der Waals surface area contributed by atoms with E-state index in [1.54, 1.807) is 12.3 Å². The zero-order chi connectivity index (χ0) is 17.9. The van der Waals surface area contributed by atoms with Crippen LogP contribution in [0.3, 0.4) is 0 Å². The third-order valence-electron chi connectivity index (χ3n) is 5.46. The molecule has 0 unspecified atom stereocenters. The number of carbonyl (C=O) groups is 2. The van der Waals surface area contributed by atoms with Crippen molar-refractivity contribution in [3.63, 3.8) is 0 Å². The lowest BCUT2D eigenvalue weighted by molar-refractivity contribution is -0.137. The van der Waals surface area contributed by atoms with Crippen LogP contribution < -0.4 is 10.2 Å². The second kappa shape index (κ2) is 7.42. The molecule has 1 spiro atoms. The fourth-order valence-electron chi connectivity index (χ4n) is 4.12. The highest BCUT2D eigenvalue weighted by molar-refractivity contribution is 5.94. The zero-order valence-corrected chi connectivity index (χ0v) is 15.3. The molecule has 2 saturated heterocycles. The standard InChI is InChI=1S/C19H28N4O2/c1-3-20-18(25)15-7-10-21-16(12-15)23-11-5-8-19(14-23)9-6-17(24)22(4-2)13-19/h7,10,12H,3-6,8-9,11,13-14H2,1-2H3,(H,20,25)/t19-/m0/s1. The van der Waals surface area contributed by atoms with Crippen LogP contribution in [-0.4, -0.2) is 54.4 Å². The fourth-order valence-corrected chi connectivity index (χ4v) is 4.12. The van der Waals surface area contributed by atoms with Gasteiger partial charge >= 0.3 is 0 Å². The summed E-state index contributed by atoms with van der Waals surface area (Å²) in [5.41, 5.74) is 0.811. The van der Waals surface area contributed by atoms with Crippen LogP contribution >= 0.6 is 0 Å². The normalized spacial score (nSPS) is 23.8. The van der Waals surface area contributed by atoms with Crippen molar-refractivity contribution in [2.45, 2.75) is 39.5 Å². The van der Waals surface area contributed by atoms with E-state index in [1.807, 2.05) is 17.9 Å². The van der Waals surface area contributed by atoms with Crippen LogP contribution in [0.4, 0.5) is 5.82 Å². The van der Waals surface area contributed by atoms with Crippen LogP contribution in [0.25, 0.3) is 0 Å². The van der Waals surface area contributed by atoms with Gasteiger partial charge in [-0.3, -0.25) is 9.59 Å². The van der Waals surface area contributed by atoms with Crippen molar-refractivity contribution >= 4 is 17.6 Å². The number of hydrogen-bond donors (Lipinski definition) is 1. The summed E-state index contributed by atoms with van der Waals surface area (Å²) in [5.74, 6) is 1.09. The molecule has 0 aromatic carbocycles. The summed E-state index contributed by atoms with van der Waals surface area (Å²) >= 11 is 0. The molecule has 3 rings (SSSR count). The van der Waals surface area contributed by atoms with E-state index in [9.17, 15) is 9.59 Å². The van der Waals surface area contributed by atoms with Gasteiger partial charge in [0.15, 0.2) is 0 Å². The van der Waals surface area contributed by atoms with Crippen molar-refractivity contribution in [3.05, 3.63) is 23.9 Å². The molecule has 1 atom stereocenters. The van der Waals surface area contributed by atoms with E-state index in [-0.39, 0.29) is 17.2 Å². The second-order valence-corrected chi connectivity index (χ2v) is 7.20. The average molecular weight is 344 g/mol. The van der Waals surface area contributed by atoms with Gasteiger partial charge in [0.2, 0.25) is 5.91 Å². The Morgan fingerprint density at radius 2 is 2.16 bits per heavy atom. The quantitative estimate of drug-likeness (QED) is 0.908. The summed E-state index contributed by atoms with van der Waals surface area (Å²) in [7, 11) is 0. The van der Waals surface area contributed by atoms with Crippen molar-refractivity contribution in [3.8, 4) is 0 Å². The average Bonchev–Trinajstić information content (AvgIpc) is 2.64. The lowest BCUT2D eigenvalue weighted by atomic mass is 9.73. The highest BCUT2D eigenvalue weighted by Gasteiger charge is 2.41. The SMILES string of the molecule is CCNC(=O)c1ccnc(N2CCC[C@@]3(CCC(=O)N(CC)C3)C2)c1. The van der Waals surface area contributed by atoms with Gasteiger partial charge in [0.05, 0.1) is 0 Å². The maximum Gasteiger partial charge on any atom is 0.251 e. The molecule has 3 heterocycles. The molecule has 136 valence electrons. The van der Waals surface area contributed by atoms with Gasteiger partial charge in [-0.1, -0.05) is 0 Å². The van der Waals surface area contributed by atoms with E-state index in [2.05, 4.69) is 22.1 Å². The van der Waals surface area contributed by atoms with Crippen molar-refractivity contribution in [1.29, 1.82) is 0 Å². The lowest BCUT2D eigenvalue weighted by Gasteiger charge is -2.48. The highest BCUT2D eigenvalue weighted by Crippen LogP contribution is 2.39. The molecule has 0 saturated carbocycles. The number of pyridine rings is 1. The lowest BCUT2D eigenvalue weighted by Crippen LogP contribution is -2.54. The number of anilines is 1. The maximum absolute atomic E-state index is 12.1. The van der Waals surface area contributed by atoms with Gasteiger partial charge in [0, 0.05) is 56.3 Å². The summed E-state index contributed by atoms with van der Waals surface area (Å²) in [6.07, 6.45) is 5.56.